The summed E-state index contributed by atoms with van der Waals surface area (Å²) < 4.78 is 4.83. The normalized spacial score (nSPS) is 12.5. The molecule has 1 heterocycles. The molecule has 0 saturated carbocycles. The molecule has 0 radical (unpaired) electrons. The summed E-state index contributed by atoms with van der Waals surface area (Å²) in [4.78, 5) is 11.7. The van der Waals surface area contributed by atoms with Crippen LogP contribution < -0.4 is 11.1 Å². The van der Waals surface area contributed by atoms with E-state index in [4.69, 9.17) is 21.8 Å². The van der Waals surface area contributed by atoms with Gasteiger partial charge in [0.25, 0.3) is 5.91 Å². The minimum Gasteiger partial charge on any atom is -0.452 e. The molecular weight excluding hydrogens is 216 g/mol. The van der Waals surface area contributed by atoms with Crippen LogP contribution in [0, 0.1) is 0 Å². The summed E-state index contributed by atoms with van der Waals surface area (Å²) in [5, 5.41) is 2.91. The van der Waals surface area contributed by atoms with E-state index in [1.54, 1.807) is 0 Å². The summed E-state index contributed by atoms with van der Waals surface area (Å²) in [5.74, 6) is -0.238. The second-order valence-corrected chi connectivity index (χ2v) is 3.65. The van der Waals surface area contributed by atoms with Crippen molar-refractivity contribution in [3.63, 3.8) is 0 Å². The average molecular weight is 231 g/mol. The Morgan fingerprint density at radius 2 is 2.47 bits per heavy atom. The van der Waals surface area contributed by atoms with Gasteiger partial charge >= 0.3 is 0 Å². The molecule has 0 aliphatic carbocycles. The molecule has 0 fully saturated rings. The monoisotopic (exact) mass is 230 g/mol. The van der Waals surface area contributed by atoms with Gasteiger partial charge in [-0.25, -0.2) is 0 Å². The lowest BCUT2D eigenvalue weighted by Gasteiger charge is -2.15. The van der Waals surface area contributed by atoms with E-state index in [1.165, 1.54) is 12.3 Å². The predicted octanol–water partition coefficient (Wildman–Crippen LogP) is 1.79. The maximum absolute atomic E-state index is 11.7. The van der Waals surface area contributed by atoms with E-state index < -0.39 is 0 Å². The zero-order valence-electron chi connectivity index (χ0n) is 8.63. The third-order valence-corrected chi connectivity index (χ3v) is 2.41. The van der Waals surface area contributed by atoms with Crippen molar-refractivity contribution in [1.29, 1.82) is 0 Å². The van der Waals surface area contributed by atoms with Crippen LogP contribution in [-0.2, 0) is 0 Å². The topological polar surface area (TPSA) is 68.3 Å². The van der Waals surface area contributed by atoms with Crippen molar-refractivity contribution in [1.82, 2.24) is 5.32 Å². The fourth-order valence-electron chi connectivity index (χ4n) is 1.32. The molecule has 1 rings (SSSR count). The molecule has 1 unspecified atom stereocenters. The average Bonchev–Trinajstić information content (AvgIpc) is 2.63. The Balaban J connectivity index is 2.58. The number of halogens is 1. The molecule has 0 bridgehead atoms. The van der Waals surface area contributed by atoms with Crippen molar-refractivity contribution in [2.75, 3.05) is 6.54 Å². The van der Waals surface area contributed by atoms with Crippen LogP contribution in [0.4, 0.5) is 0 Å². The van der Waals surface area contributed by atoms with Crippen LogP contribution in [-0.4, -0.2) is 18.5 Å². The standard InChI is InChI=1S/C10H15ClN2O2/c1-2-3-7(6-12)13-10(14)8-4-5-15-9(8)11/h4-5,7H,2-3,6,12H2,1H3,(H,13,14). The maximum atomic E-state index is 11.7. The van der Waals surface area contributed by atoms with Crippen LogP contribution in [0.15, 0.2) is 16.7 Å². The molecule has 1 aromatic heterocycles. The van der Waals surface area contributed by atoms with Crippen LogP contribution in [0.25, 0.3) is 0 Å². The Hall–Kier alpha value is -1.00. The quantitative estimate of drug-likeness (QED) is 0.811. The highest BCUT2D eigenvalue weighted by atomic mass is 35.5. The first-order chi connectivity index (χ1) is 7.19. The lowest BCUT2D eigenvalue weighted by molar-refractivity contribution is 0.0935. The van der Waals surface area contributed by atoms with Crippen molar-refractivity contribution in [2.45, 2.75) is 25.8 Å². The van der Waals surface area contributed by atoms with Gasteiger partial charge in [0, 0.05) is 12.6 Å². The predicted molar refractivity (Wildman–Crippen MR) is 58.9 cm³/mol. The molecule has 84 valence electrons. The summed E-state index contributed by atoms with van der Waals surface area (Å²) >= 11 is 5.68. The van der Waals surface area contributed by atoms with Crippen molar-refractivity contribution in [3.8, 4) is 0 Å². The Morgan fingerprint density at radius 1 is 1.73 bits per heavy atom. The van der Waals surface area contributed by atoms with Gasteiger partial charge < -0.3 is 15.5 Å². The first kappa shape index (κ1) is 12.1. The number of carbonyl (C=O) groups is 1. The highest BCUT2D eigenvalue weighted by Gasteiger charge is 2.16. The molecule has 0 aliphatic heterocycles. The van der Waals surface area contributed by atoms with Gasteiger partial charge in [-0.2, -0.15) is 0 Å². The van der Waals surface area contributed by atoms with Crippen LogP contribution in [0.5, 0.6) is 0 Å². The molecule has 1 atom stereocenters. The molecule has 5 heteroatoms. The first-order valence-corrected chi connectivity index (χ1v) is 5.30. The molecule has 15 heavy (non-hydrogen) atoms. The van der Waals surface area contributed by atoms with E-state index in [0.29, 0.717) is 12.1 Å². The number of hydrogen-bond acceptors (Lipinski definition) is 3. The van der Waals surface area contributed by atoms with Gasteiger partial charge in [0.15, 0.2) is 0 Å². The van der Waals surface area contributed by atoms with Crippen molar-refractivity contribution in [3.05, 3.63) is 23.1 Å². The lowest BCUT2D eigenvalue weighted by Crippen LogP contribution is -2.40. The summed E-state index contributed by atoms with van der Waals surface area (Å²) in [6.45, 7) is 2.47. The Labute approximate surface area is 93.8 Å². The Bertz CT molecular complexity index is 325. The molecule has 0 spiro atoms. The van der Waals surface area contributed by atoms with Gasteiger partial charge in [-0.05, 0) is 24.1 Å². The van der Waals surface area contributed by atoms with Gasteiger partial charge in [-0.1, -0.05) is 13.3 Å². The summed E-state index contributed by atoms with van der Waals surface area (Å²) in [7, 11) is 0. The third-order valence-electron chi connectivity index (χ3n) is 2.12. The molecule has 1 aromatic rings. The van der Waals surface area contributed by atoms with E-state index >= 15 is 0 Å². The molecule has 3 N–H and O–H groups in total. The molecular formula is C10H15ClN2O2. The smallest absolute Gasteiger partial charge is 0.256 e. The second-order valence-electron chi connectivity index (χ2n) is 3.30. The molecule has 0 aromatic carbocycles. The number of amides is 1. The fourth-order valence-corrected chi connectivity index (χ4v) is 1.52. The lowest BCUT2D eigenvalue weighted by atomic mass is 10.1. The number of rotatable bonds is 5. The van der Waals surface area contributed by atoms with Crippen LogP contribution in [0.3, 0.4) is 0 Å². The highest BCUT2D eigenvalue weighted by molar-refractivity contribution is 6.32. The van der Waals surface area contributed by atoms with E-state index in [-0.39, 0.29) is 17.2 Å². The number of nitrogens with two attached hydrogens (primary N) is 1. The number of carbonyl (C=O) groups excluding carboxylic acids is 1. The summed E-state index contributed by atoms with van der Waals surface area (Å²) in [5.41, 5.74) is 5.88. The fraction of sp³-hybridized carbons (Fsp3) is 0.500. The maximum Gasteiger partial charge on any atom is 0.256 e. The van der Waals surface area contributed by atoms with Crippen molar-refractivity contribution >= 4 is 17.5 Å². The number of hydrogen-bond donors (Lipinski definition) is 2. The van der Waals surface area contributed by atoms with Crippen molar-refractivity contribution in [2.24, 2.45) is 5.73 Å². The largest absolute Gasteiger partial charge is 0.452 e. The minimum atomic E-state index is -0.238. The highest BCUT2D eigenvalue weighted by Crippen LogP contribution is 2.16. The van der Waals surface area contributed by atoms with Crippen LogP contribution in [0.1, 0.15) is 30.1 Å². The minimum absolute atomic E-state index is 0.00605. The summed E-state index contributed by atoms with van der Waals surface area (Å²) in [6, 6.07) is 1.53. The van der Waals surface area contributed by atoms with Gasteiger partial charge in [0.05, 0.1) is 11.8 Å². The van der Waals surface area contributed by atoms with E-state index in [9.17, 15) is 4.79 Å². The van der Waals surface area contributed by atoms with Gasteiger partial charge in [-0.15, -0.1) is 0 Å². The molecule has 0 aliphatic rings. The molecule has 4 nitrogen and oxygen atoms in total. The second kappa shape index (κ2) is 5.78. The first-order valence-electron chi connectivity index (χ1n) is 4.93. The number of furan rings is 1. The van der Waals surface area contributed by atoms with E-state index in [2.05, 4.69) is 5.32 Å². The van der Waals surface area contributed by atoms with Gasteiger partial charge in [0.2, 0.25) is 5.22 Å². The third kappa shape index (κ3) is 3.25. The van der Waals surface area contributed by atoms with E-state index in [1.807, 2.05) is 6.92 Å². The number of nitrogens with one attached hydrogen (secondary N) is 1. The summed E-state index contributed by atoms with van der Waals surface area (Å²) in [6.07, 6.45) is 3.22. The Morgan fingerprint density at radius 3 is 2.93 bits per heavy atom. The van der Waals surface area contributed by atoms with Gasteiger partial charge in [-0.3, -0.25) is 4.79 Å². The zero-order chi connectivity index (χ0) is 11.3. The zero-order valence-corrected chi connectivity index (χ0v) is 9.38. The van der Waals surface area contributed by atoms with E-state index in [0.717, 1.165) is 12.8 Å². The Kier molecular flexibility index (Phi) is 4.65. The molecule has 0 saturated heterocycles. The van der Waals surface area contributed by atoms with Crippen LogP contribution >= 0.6 is 11.6 Å². The molecule has 1 amide bonds. The van der Waals surface area contributed by atoms with Crippen LogP contribution in [0.2, 0.25) is 5.22 Å². The SMILES string of the molecule is CCCC(CN)NC(=O)c1ccoc1Cl. The van der Waals surface area contributed by atoms with Crippen molar-refractivity contribution < 1.29 is 9.21 Å². The van der Waals surface area contributed by atoms with Gasteiger partial charge in [0.1, 0.15) is 0 Å².